The van der Waals surface area contributed by atoms with Gasteiger partial charge in [0.25, 0.3) is 0 Å². The van der Waals surface area contributed by atoms with Crippen molar-refractivity contribution in [2.75, 3.05) is 0 Å². The molecule has 0 bridgehead atoms. The van der Waals surface area contributed by atoms with E-state index in [2.05, 4.69) is 32.9 Å². The van der Waals surface area contributed by atoms with Crippen molar-refractivity contribution in [3.8, 4) is 0 Å². The number of hydrogen-bond acceptors (Lipinski definition) is 1. The molecule has 2 aliphatic carbocycles. The molecule has 1 heteroatoms. The maximum atomic E-state index is 10.9. The molecule has 0 radical (unpaired) electrons. The van der Waals surface area contributed by atoms with Gasteiger partial charge in [0.15, 0.2) is 0 Å². The molecule has 0 spiro atoms. The van der Waals surface area contributed by atoms with Crippen LogP contribution in [-0.4, -0.2) is 6.29 Å². The summed E-state index contributed by atoms with van der Waals surface area (Å²) in [7, 11) is 0. The molecule has 82 valence electrons. The van der Waals surface area contributed by atoms with Gasteiger partial charge in [0, 0.05) is 5.92 Å². The zero-order valence-electron chi connectivity index (χ0n) is 9.92. The van der Waals surface area contributed by atoms with Crippen molar-refractivity contribution in [3.05, 3.63) is 23.3 Å². The first kappa shape index (κ1) is 10.7. The highest BCUT2D eigenvalue weighted by Crippen LogP contribution is 2.48. The molecular weight excluding hydrogens is 184 g/mol. The monoisotopic (exact) mass is 204 g/mol. The van der Waals surface area contributed by atoms with Gasteiger partial charge in [-0.3, -0.25) is 0 Å². The molecule has 0 aromatic rings. The Morgan fingerprint density at radius 1 is 1.47 bits per heavy atom. The van der Waals surface area contributed by atoms with Crippen LogP contribution in [0.5, 0.6) is 0 Å². The second-order valence-corrected chi connectivity index (χ2v) is 5.74. The van der Waals surface area contributed by atoms with Crippen LogP contribution in [0.4, 0.5) is 0 Å². The SMILES string of the molecule is CC1=CC2=CC(C=O)CC(C)(C)C2CC1. The number of rotatable bonds is 1. The van der Waals surface area contributed by atoms with Crippen LogP contribution in [0.25, 0.3) is 0 Å². The highest BCUT2D eigenvalue weighted by Gasteiger charge is 2.38. The molecule has 2 atom stereocenters. The van der Waals surface area contributed by atoms with Crippen LogP contribution in [0.15, 0.2) is 23.3 Å². The summed E-state index contributed by atoms with van der Waals surface area (Å²) in [5.41, 5.74) is 3.15. The molecule has 0 aliphatic heterocycles. The highest BCUT2D eigenvalue weighted by molar-refractivity contribution is 5.58. The van der Waals surface area contributed by atoms with Crippen LogP contribution in [0, 0.1) is 17.3 Å². The van der Waals surface area contributed by atoms with E-state index in [9.17, 15) is 4.79 Å². The molecule has 2 rings (SSSR count). The van der Waals surface area contributed by atoms with E-state index >= 15 is 0 Å². The predicted octanol–water partition coefficient (Wildman–Crippen LogP) is 3.51. The average Bonchev–Trinajstić information content (AvgIpc) is 2.15. The van der Waals surface area contributed by atoms with Gasteiger partial charge in [0.1, 0.15) is 6.29 Å². The van der Waals surface area contributed by atoms with Gasteiger partial charge in [0.05, 0.1) is 0 Å². The van der Waals surface area contributed by atoms with E-state index in [1.165, 1.54) is 24.0 Å². The lowest BCUT2D eigenvalue weighted by atomic mass is 9.62. The van der Waals surface area contributed by atoms with Crippen LogP contribution in [0.3, 0.4) is 0 Å². The molecule has 2 aliphatic rings. The quantitative estimate of drug-likeness (QED) is 0.597. The Morgan fingerprint density at radius 3 is 2.87 bits per heavy atom. The van der Waals surface area contributed by atoms with Crippen molar-refractivity contribution in [3.63, 3.8) is 0 Å². The second-order valence-electron chi connectivity index (χ2n) is 5.74. The van der Waals surface area contributed by atoms with Gasteiger partial charge in [-0.05, 0) is 43.1 Å². The minimum Gasteiger partial charge on any atom is -0.303 e. The van der Waals surface area contributed by atoms with Crippen molar-refractivity contribution in [1.82, 2.24) is 0 Å². The van der Waals surface area contributed by atoms with E-state index in [4.69, 9.17) is 0 Å². The number of carbonyl (C=O) groups is 1. The van der Waals surface area contributed by atoms with Crippen molar-refractivity contribution < 1.29 is 4.79 Å². The Balaban J connectivity index is 2.38. The Bertz CT molecular complexity index is 333. The standard InChI is InChI=1S/C14H20O/c1-10-4-5-13-12(6-10)7-11(9-15)8-14(13,2)3/h6-7,9,11,13H,4-5,8H2,1-3H3. The van der Waals surface area contributed by atoms with E-state index in [0.29, 0.717) is 5.92 Å². The van der Waals surface area contributed by atoms with Crippen molar-refractivity contribution in [2.24, 2.45) is 17.3 Å². The molecule has 2 unspecified atom stereocenters. The summed E-state index contributed by atoms with van der Waals surface area (Å²) in [5.74, 6) is 0.797. The van der Waals surface area contributed by atoms with Gasteiger partial charge >= 0.3 is 0 Å². The molecule has 0 heterocycles. The molecule has 0 fully saturated rings. The van der Waals surface area contributed by atoms with Gasteiger partial charge in [-0.2, -0.15) is 0 Å². The normalized spacial score (nSPS) is 33.8. The molecule has 0 N–H and O–H groups in total. The van der Waals surface area contributed by atoms with E-state index in [-0.39, 0.29) is 11.3 Å². The fraction of sp³-hybridized carbons (Fsp3) is 0.643. The number of aldehydes is 1. The first-order valence-corrected chi connectivity index (χ1v) is 5.87. The van der Waals surface area contributed by atoms with Gasteiger partial charge < -0.3 is 4.79 Å². The zero-order chi connectivity index (χ0) is 11.1. The number of carbonyl (C=O) groups excluding carboxylic acids is 1. The summed E-state index contributed by atoms with van der Waals surface area (Å²) < 4.78 is 0. The Morgan fingerprint density at radius 2 is 2.20 bits per heavy atom. The lowest BCUT2D eigenvalue weighted by Crippen LogP contribution is -2.33. The molecule has 0 amide bonds. The molecule has 0 aromatic heterocycles. The average molecular weight is 204 g/mol. The topological polar surface area (TPSA) is 17.1 Å². The van der Waals surface area contributed by atoms with Gasteiger partial charge in [0.2, 0.25) is 0 Å². The van der Waals surface area contributed by atoms with Gasteiger partial charge in [-0.1, -0.05) is 31.6 Å². The van der Waals surface area contributed by atoms with Crippen LogP contribution >= 0.6 is 0 Å². The summed E-state index contributed by atoms with van der Waals surface area (Å²) in [4.78, 5) is 10.9. The highest BCUT2D eigenvalue weighted by atomic mass is 16.1. The third kappa shape index (κ3) is 1.92. The van der Waals surface area contributed by atoms with E-state index in [0.717, 1.165) is 12.7 Å². The zero-order valence-corrected chi connectivity index (χ0v) is 9.92. The molecular formula is C14H20O. The van der Waals surface area contributed by atoms with Crippen LogP contribution in [-0.2, 0) is 4.79 Å². The van der Waals surface area contributed by atoms with E-state index in [1.54, 1.807) is 0 Å². The molecule has 15 heavy (non-hydrogen) atoms. The minimum atomic E-state index is 0.133. The third-order valence-corrected chi connectivity index (χ3v) is 3.93. The number of hydrogen-bond donors (Lipinski definition) is 0. The molecule has 0 saturated heterocycles. The molecule has 1 nitrogen and oxygen atoms in total. The van der Waals surface area contributed by atoms with Gasteiger partial charge in [-0.25, -0.2) is 0 Å². The summed E-state index contributed by atoms with van der Waals surface area (Å²) >= 11 is 0. The van der Waals surface area contributed by atoms with Gasteiger partial charge in [-0.15, -0.1) is 0 Å². The molecule has 0 aromatic carbocycles. The van der Waals surface area contributed by atoms with Crippen LogP contribution in [0.1, 0.15) is 40.0 Å². The predicted molar refractivity (Wildman–Crippen MR) is 62.5 cm³/mol. The smallest absolute Gasteiger partial charge is 0.126 e. The number of allylic oxidation sites excluding steroid dienone is 4. The Hall–Kier alpha value is -0.850. The minimum absolute atomic E-state index is 0.133. The fourth-order valence-electron chi connectivity index (χ4n) is 3.15. The summed E-state index contributed by atoms with van der Waals surface area (Å²) in [6, 6.07) is 0. The second kappa shape index (κ2) is 3.62. The Kier molecular flexibility index (Phi) is 2.57. The first-order chi connectivity index (χ1) is 7.03. The first-order valence-electron chi connectivity index (χ1n) is 5.87. The van der Waals surface area contributed by atoms with Crippen LogP contribution in [0.2, 0.25) is 0 Å². The lowest BCUT2D eigenvalue weighted by molar-refractivity contribution is -0.111. The summed E-state index contributed by atoms with van der Waals surface area (Å²) in [5, 5.41) is 0. The number of fused-ring (bicyclic) bond motifs is 1. The summed E-state index contributed by atoms with van der Waals surface area (Å²) in [6.45, 7) is 6.79. The maximum absolute atomic E-state index is 10.9. The molecule has 0 saturated carbocycles. The summed E-state index contributed by atoms with van der Waals surface area (Å²) in [6.07, 6.45) is 9.07. The van der Waals surface area contributed by atoms with Crippen LogP contribution < -0.4 is 0 Å². The third-order valence-electron chi connectivity index (χ3n) is 3.93. The Labute approximate surface area is 92.3 Å². The van der Waals surface area contributed by atoms with Crippen molar-refractivity contribution in [2.45, 2.75) is 40.0 Å². The van der Waals surface area contributed by atoms with Crippen molar-refractivity contribution >= 4 is 6.29 Å². The fourth-order valence-corrected chi connectivity index (χ4v) is 3.15. The van der Waals surface area contributed by atoms with E-state index in [1.807, 2.05) is 0 Å². The van der Waals surface area contributed by atoms with Crippen molar-refractivity contribution in [1.29, 1.82) is 0 Å². The largest absolute Gasteiger partial charge is 0.303 e. The maximum Gasteiger partial charge on any atom is 0.126 e. The van der Waals surface area contributed by atoms with E-state index < -0.39 is 0 Å². The lowest BCUT2D eigenvalue weighted by Gasteiger charge is -2.42.